The molecular formula is C24H38N2O6. The Morgan fingerprint density at radius 2 is 1.41 bits per heavy atom. The van der Waals surface area contributed by atoms with Gasteiger partial charge in [0.2, 0.25) is 0 Å². The average Bonchev–Trinajstić information content (AvgIpc) is 2.66. The average molecular weight is 451 g/mol. The molecule has 8 heteroatoms. The van der Waals surface area contributed by atoms with E-state index in [2.05, 4.69) is 10.6 Å². The van der Waals surface area contributed by atoms with Crippen LogP contribution < -0.4 is 10.6 Å². The smallest absolute Gasteiger partial charge is 0.407 e. The van der Waals surface area contributed by atoms with Gasteiger partial charge < -0.3 is 24.8 Å². The number of ether oxygens (including phenoxy) is 3. The van der Waals surface area contributed by atoms with Crippen LogP contribution in [-0.4, -0.2) is 49.6 Å². The van der Waals surface area contributed by atoms with Gasteiger partial charge in [0, 0.05) is 13.1 Å². The molecule has 1 unspecified atom stereocenters. The zero-order valence-corrected chi connectivity index (χ0v) is 20.4. The first-order chi connectivity index (χ1) is 14.8. The van der Waals surface area contributed by atoms with Crippen LogP contribution in [0.25, 0.3) is 0 Å². The highest BCUT2D eigenvalue weighted by atomic mass is 16.6. The first-order valence-corrected chi connectivity index (χ1v) is 10.9. The summed E-state index contributed by atoms with van der Waals surface area (Å²) in [6.07, 6.45) is 1.28. The van der Waals surface area contributed by atoms with Crippen molar-refractivity contribution >= 4 is 18.2 Å². The molecule has 2 amide bonds. The molecule has 0 aromatic heterocycles. The lowest BCUT2D eigenvalue weighted by Crippen LogP contribution is -2.36. The molecule has 1 aromatic rings. The van der Waals surface area contributed by atoms with Crippen molar-refractivity contribution in [3.05, 3.63) is 35.4 Å². The van der Waals surface area contributed by atoms with Crippen LogP contribution in [-0.2, 0) is 20.6 Å². The van der Waals surface area contributed by atoms with Crippen molar-refractivity contribution in [1.82, 2.24) is 10.6 Å². The molecule has 1 atom stereocenters. The Morgan fingerprint density at radius 1 is 0.875 bits per heavy atom. The first-order valence-electron chi connectivity index (χ1n) is 10.9. The second-order valence-electron chi connectivity index (χ2n) is 9.71. The number of amides is 2. The van der Waals surface area contributed by atoms with Gasteiger partial charge in [0.1, 0.15) is 11.2 Å². The molecule has 32 heavy (non-hydrogen) atoms. The van der Waals surface area contributed by atoms with E-state index < -0.39 is 23.4 Å². The predicted molar refractivity (Wildman–Crippen MR) is 123 cm³/mol. The lowest BCUT2D eigenvalue weighted by molar-refractivity contribution is 0.0515. The molecule has 180 valence electrons. The summed E-state index contributed by atoms with van der Waals surface area (Å²) in [6, 6.07) is 7.21. The van der Waals surface area contributed by atoms with Crippen molar-refractivity contribution in [2.24, 2.45) is 5.92 Å². The van der Waals surface area contributed by atoms with Crippen LogP contribution in [0.5, 0.6) is 0 Å². The molecule has 0 saturated heterocycles. The molecule has 0 heterocycles. The SMILES string of the molecule is COC(=O)c1ccc(CC(CCCNC(=O)OC(C)(C)C)CNC(=O)OC(C)(C)C)cc1. The number of carbonyl (C=O) groups excluding carboxylic acids is 3. The van der Waals surface area contributed by atoms with Crippen LogP contribution in [0.2, 0.25) is 0 Å². The third-order valence-electron chi connectivity index (χ3n) is 4.29. The molecule has 0 aliphatic carbocycles. The summed E-state index contributed by atoms with van der Waals surface area (Å²) in [6.45, 7) is 11.8. The fourth-order valence-corrected chi connectivity index (χ4v) is 2.94. The van der Waals surface area contributed by atoms with Crippen LogP contribution >= 0.6 is 0 Å². The molecule has 0 bridgehead atoms. The van der Waals surface area contributed by atoms with E-state index in [4.69, 9.17) is 14.2 Å². The van der Waals surface area contributed by atoms with Crippen molar-refractivity contribution < 1.29 is 28.6 Å². The Morgan fingerprint density at radius 3 is 1.91 bits per heavy atom. The Kier molecular flexibility index (Phi) is 10.5. The number of hydrogen-bond acceptors (Lipinski definition) is 6. The summed E-state index contributed by atoms with van der Waals surface area (Å²) >= 11 is 0. The molecule has 1 aromatic carbocycles. The highest BCUT2D eigenvalue weighted by molar-refractivity contribution is 5.89. The third-order valence-corrected chi connectivity index (χ3v) is 4.29. The molecule has 1 rings (SSSR count). The summed E-state index contributed by atoms with van der Waals surface area (Å²) in [5.41, 5.74) is 0.413. The van der Waals surface area contributed by atoms with E-state index in [1.807, 2.05) is 53.7 Å². The van der Waals surface area contributed by atoms with Crippen LogP contribution in [0.1, 0.15) is 70.3 Å². The highest BCUT2D eigenvalue weighted by Crippen LogP contribution is 2.16. The van der Waals surface area contributed by atoms with Crippen molar-refractivity contribution in [3.63, 3.8) is 0 Å². The van der Waals surface area contributed by atoms with E-state index >= 15 is 0 Å². The van der Waals surface area contributed by atoms with Crippen LogP contribution in [0.15, 0.2) is 24.3 Å². The molecule has 8 nitrogen and oxygen atoms in total. The Hall–Kier alpha value is -2.77. The van der Waals surface area contributed by atoms with Crippen LogP contribution in [0, 0.1) is 5.92 Å². The maximum absolute atomic E-state index is 12.1. The standard InChI is InChI=1S/C24H38N2O6/c1-23(2,3)31-21(28)25-14-8-9-18(16-26-22(29)32-24(4,5)6)15-17-10-12-19(13-11-17)20(27)30-7/h10-13,18H,8-9,14-16H2,1-7H3,(H,25,28)(H,26,29). The maximum Gasteiger partial charge on any atom is 0.407 e. The lowest BCUT2D eigenvalue weighted by atomic mass is 9.94. The maximum atomic E-state index is 12.1. The van der Waals surface area contributed by atoms with Crippen LogP contribution in [0.4, 0.5) is 9.59 Å². The summed E-state index contributed by atoms with van der Waals surface area (Å²) in [7, 11) is 1.35. The van der Waals surface area contributed by atoms with Crippen molar-refractivity contribution in [3.8, 4) is 0 Å². The second-order valence-corrected chi connectivity index (χ2v) is 9.71. The lowest BCUT2D eigenvalue weighted by Gasteiger charge is -2.22. The Labute approximate surface area is 191 Å². The summed E-state index contributed by atoms with van der Waals surface area (Å²) in [4.78, 5) is 35.5. The van der Waals surface area contributed by atoms with E-state index in [0.29, 0.717) is 25.1 Å². The highest BCUT2D eigenvalue weighted by Gasteiger charge is 2.19. The van der Waals surface area contributed by atoms with Gasteiger partial charge in [-0.25, -0.2) is 14.4 Å². The number of nitrogens with one attached hydrogen (secondary N) is 2. The van der Waals surface area contributed by atoms with Gasteiger partial charge in [0.15, 0.2) is 0 Å². The fourth-order valence-electron chi connectivity index (χ4n) is 2.94. The molecule has 0 fully saturated rings. The number of hydrogen-bond donors (Lipinski definition) is 2. The zero-order valence-electron chi connectivity index (χ0n) is 20.4. The summed E-state index contributed by atoms with van der Waals surface area (Å²) in [5, 5.41) is 5.59. The van der Waals surface area contributed by atoms with Gasteiger partial charge >= 0.3 is 18.2 Å². The van der Waals surface area contributed by atoms with Crippen LogP contribution in [0.3, 0.4) is 0 Å². The third kappa shape index (κ3) is 12.2. The van der Waals surface area contributed by atoms with E-state index in [-0.39, 0.29) is 11.9 Å². The van der Waals surface area contributed by atoms with Gasteiger partial charge in [-0.2, -0.15) is 0 Å². The van der Waals surface area contributed by atoms with Gasteiger partial charge in [-0.3, -0.25) is 0 Å². The molecule has 0 radical (unpaired) electrons. The largest absolute Gasteiger partial charge is 0.465 e. The van der Waals surface area contributed by atoms with Gasteiger partial charge in [0.05, 0.1) is 12.7 Å². The van der Waals surface area contributed by atoms with E-state index in [9.17, 15) is 14.4 Å². The zero-order chi connectivity index (χ0) is 24.4. The van der Waals surface area contributed by atoms with Crippen molar-refractivity contribution in [2.75, 3.05) is 20.2 Å². The molecule has 0 saturated carbocycles. The van der Waals surface area contributed by atoms with Gasteiger partial charge in [-0.15, -0.1) is 0 Å². The summed E-state index contributed by atoms with van der Waals surface area (Å²) < 4.78 is 15.3. The molecule has 0 spiro atoms. The minimum absolute atomic E-state index is 0.118. The number of esters is 1. The molecule has 0 aliphatic heterocycles. The van der Waals surface area contributed by atoms with E-state index in [0.717, 1.165) is 18.4 Å². The predicted octanol–water partition coefficient (Wildman–Crippen LogP) is 4.46. The van der Waals surface area contributed by atoms with Gasteiger partial charge in [0.25, 0.3) is 0 Å². The van der Waals surface area contributed by atoms with E-state index in [1.54, 1.807) is 12.1 Å². The van der Waals surface area contributed by atoms with Gasteiger partial charge in [-0.1, -0.05) is 12.1 Å². The molecular weight excluding hydrogens is 412 g/mol. The summed E-state index contributed by atoms with van der Waals surface area (Å²) in [5.74, 6) is -0.264. The second kappa shape index (κ2) is 12.3. The number of rotatable bonds is 9. The number of carbonyl (C=O) groups is 3. The molecule has 2 N–H and O–H groups in total. The Balaban J connectivity index is 2.66. The molecule has 0 aliphatic rings. The normalized spacial score (nSPS) is 12.5. The van der Waals surface area contributed by atoms with Gasteiger partial charge in [-0.05, 0) is 84.4 Å². The quantitative estimate of drug-likeness (QED) is 0.327. The Bertz CT molecular complexity index is 747. The number of methoxy groups -OCH3 is 1. The fraction of sp³-hybridized carbons (Fsp3) is 0.625. The minimum Gasteiger partial charge on any atom is -0.465 e. The first kappa shape index (κ1) is 27.3. The van der Waals surface area contributed by atoms with Crippen molar-refractivity contribution in [2.45, 2.75) is 72.0 Å². The van der Waals surface area contributed by atoms with E-state index in [1.165, 1.54) is 7.11 Å². The number of alkyl carbamates (subject to hydrolysis) is 2. The topological polar surface area (TPSA) is 103 Å². The monoisotopic (exact) mass is 450 g/mol. The number of benzene rings is 1. The van der Waals surface area contributed by atoms with Crippen molar-refractivity contribution in [1.29, 1.82) is 0 Å². The minimum atomic E-state index is -0.569.